The van der Waals surface area contributed by atoms with Crippen molar-refractivity contribution in [3.8, 4) is 0 Å². The van der Waals surface area contributed by atoms with Crippen LogP contribution in [0.25, 0.3) is 10.9 Å². The number of nitrogens with zero attached hydrogens (tertiary/aromatic N) is 3. The first-order valence-electron chi connectivity index (χ1n) is 8.62. The molecule has 1 aromatic carbocycles. The first-order valence-corrected chi connectivity index (χ1v) is 9.60. The minimum Gasteiger partial charge on any atom is -0.469 e. The fraction of sp³-hybridized carbons (Fsp3) is 0.444. The molecule has 1 aromatic heterocycles. The normalized spacial score (nSPS) is 15.6. The highest BCUT2D eigenvalue weighted by Crippen LogP contribution is 2.32. The summed E-state index contributed by atoms with van der Waals surface area (Å²) in [6.45, 7) is 0.828. The van der Waals surface area contributed by atoms with E-state index in [1.54, 1.807) is 23.1 Å². The summed E-state index contributed by atoms with van der Waals surface area (Å²) in [4.78, 5) is 32.8. The van der Waals surface area contributed by atoms with Crippen LogP contribution in [0.5, 0.6) is 0 Å². The topological polar surface area (TPSA) is 72.4 Å². The van der Waals surface area contributed by atoms with Crippen LogP contribution in [0.1, 0.15) is 18.7 Å². The van der Waals surface area contributed by atoms with Crippen molar-refractivity contribution in [1.29, 1.82) is 0 Å². The molecular formula is C18H18F3N3O3S. The summed E-state index contributed by atoms with van der Waals surface area (Å²) in [6.07, 6.45) is -3.64. The molecule has 10 heteroatoms. The average molecular weight is 413 g/mol. The number of aromatic nitrogens is 2. The number of benzene rings is 1. The van der Waals surface area contributed by atoms with Crippen molar-refractivity contribution >= 4 is 34.5 Å². The maximum absolute atomic E-state index is 13.1. The van der Waals surface area contributed by atoms with Gasteiger partial charge in [0.25, 0.3) is 0 Å². The zero-order valence-corrected chi connectivity index (χ0v) is 15.8. The van der Waals surface area contributed by atoms with E-state index in [9.17, 15) is 22.8 Å². The highest BCUT2D eigenvalue weighted by atomic mass is 32.2. The molecular weight excluding hydrogens is 395 g/mol. The van der Waals surface area contributed by atoms with E-state index in [0.29, 0.717) is 31.3 Å². The van der Waals surface area contributed by atoms with E-state index in [1.165, 1.54) is 13.2 Å². The highest BCUT2D eigenvalue weighted by Gasteiger charge is 2.35. The number of piperidine rings is 1. The van der Waals surface area contributed by atoms with E-state index in [4.69, 9.17) is 4.74 Å². The molecule has 0 saturated carbocycles. The molecule has 3 rings (SSSR count). The smallest absolute Gasteiger partial charge is 0.451 e. The molecule has 0 N–H and O–H groups in total. The minimum atomic E-state index is -4.67. The van der Waals surface area contributed by atoms with Crippen LogP contribution in [0.4, 0.5) is 13.2 Å². The van der Waals surface area contributed by atoms with E-state index in [-0.39, 0.29) is 34.1 Å². The molecule has 0 radical (unpaired) electrons. The van der Waals surface area contributed by atoms with Gasteiger partial charge in [0.1, 0.15) is 5.03 Å². The number of thioether (sulfide) groups is 1. The Morgan fingerprint density at radius 1 is 1.21 bits per heavy atom. The lowest BCUT2D eigenvalue weighted by Crippen LogP contribution is -2.41. The molecule has 1 fully saturated rings. The van der Waals surface area contributed by atoms with Crippen molar-refractivity contribution in [2.45, 2.75) is 24.0 Å². The molecule has 150 valence electrons. The molecule has 0 unspecified atom stereocenters. The van der Waals surface area contributed by atoms with E-state index in [1.807, 2.05) is 0 Å². The molecule has 28 heavy (non-hydrogen) atoms. The Labute approximate surface area is 163 Å². The van der Waals surface area contributed by atoms with Crippen LogP contribution in [0.15, 0.2) is 29.3 Å². The number of rotatable bonds is 4. The molecule has 1 aliphatic rings. The molecule has 1 saturated heterocycles. The Kier molecular flexibility index (Phi) is 6.07. The Morgan fingerprint density at radius 3 is 2.54 bits per heavy atom. The first-order chi connectivity index (χ1) is 13.3. The predicted molar refractivity (Wildman–Crippen MR) is 96.6 cm³/mol. The van der Waals surface area contributed by atoms with Gasteiger partial charge in [0.2, 0.25) is 11.7 Å². The molecule has 0 bridgehead atoms. The van der Waals surface area contributed by atoms with E-state index >= 15 is 0 Å². The van der Waals surface area contributed by atoms with Crippen LogP contribution in [0.2, 0.25) is 0 Å². The molecule has 0 aliphatic carbocycles. The molecule has 1 aliphatic heterocycles. The summed E-state index contributed by atoms with van der Waals surface area (Å²) in [5.41, 5.74) is 0.179. The number of hydrogen-bond acceptors (Lipinski definition) is 6. The summed E-state index contributed by atoms with van der Waals surface area (Å²) >= 11 is 0.960. The van der Waals surface area contributed by atoms with Crippen LogP contribution in [0, 0.1) is 5.92 Å². The number of halogens is 3. The van der Waals surface area contributed by atoms with Gasteiger partial charge in [-0.25, -0.2) is 9.97 Å². The van der Waals surface area contributed by atoms with Gasteiger partial charge < -0.3 is 9.64 Å². The van der Waals surface area contributed by atoms with Crippen molar-refractivity contribution in [3.05, 3.63) is 30.1 Å². The summed E-state index contributed by atoms with van der Waals surface area (Å²) in [6, 6.07) is 6.39. The monoisotopic (exact) mass is 413 g/mol. The molecule has 0 atom stereocenters. The number of amides is 1. The van der Waals surface area contributed by atoms with Gasteiger partial charge in [0, 0.05) is 18.5 Å². The largest absolute Gasteiger partial charge is 0.469 e. The number of hydrogen-bond donors (Lipinski definition) is 0. The van der Waals surface area contributed by atoms with Gasteiger partial charge in [-0.15, -0.1) is 0 Å². The number of likely N-dealkylation sites (tertiary alicyclic amines) is 1. The van der Waals surface area contributed by atoms with Crippen LogP contribution in [-0.2, 0) is 20.5 Å². The lowest BCUT2D eigenvalue weighted by atomic mass is 9.97. The number of methoxy groups -OCH3 is 1. The minimum absolute atomic E-state index is 0.0405. The fourth-order valence-electron chi connectivity index (χ4n) is 3.04. The number of esters is 1. The Morgan fingerprint density at radius 2 is 1.89 bits per heavy atom. The van der Waals surface area contributed by atoms with Crippen molar-refractivity contribution < 1.29 is 27.5 Å². The fourth-order valence-corrected chi connectivity index (χ4v) is 3.96. The second-order valence-electron chi connectivity index (χ2n) is 6.33. The molecule has 0 spiro atoms. The number of alkyl halides is 3. The quantitative estimate of drug-likeness (QED) is 0.436. The Hall–Kier alpha value is -2.36. The van der Waals surface area contributed by atoms with Crippen LogP contribution >= 0.6 is 11.8 Å². The SMILES string of the molecule is COC(=O)C1CCN(C(=O)CSc2nc(C(F)(F)F)nc3ccccc23)CC1. The summed E-state index contributed by atoms with van der Waals surface area (Å²) < 4.78 is 43.9. The van der Waals surface area contributed by atoms with E-state index in [2.05, 4.69) is 9.97 Å². The second-order valence-corrected chi connectivity index (χ2v) is 7.30. The van der Waals surface area contributed by atoms with Gasteiger partial charge in [-0.05, 0) is 18.9 Å². The third-order valence-corrected chi connectivity index (χ3v) is 5.51. The zero-order chi connectivity index (χ0) is 20.3. The van der Waals surface area contributed by atoms with Crippen LogP contribution in [-0.4, -0.2) is 52.7 Å². The van der Waals surface area contributed by atoms with Crippen molar-refractivity contribution in [3.63, 3.8) is 0 Å². The summed E-state index contributed by atoms with van der Waals surface area (Å²) in [5.74, 6) is -1.97. The summed E-state index contributed by atoms with van der Waals surface area (Å²) in [5, 5.41) is 0.591. The molecule has 1 amide bonds. The van der Waals surface area contributed by atoms with Gasteiger partial charge in [0.05, 0.1) is 24.3 Å². The number of carbonyl (C=O) groups excluding carboxylic acids is 2. The lowest BCUT2D eigenvalue weighted by molar-refractivity contribution is -0.148. The molecule has 2 aromatic rings. The van der Waals surface area contributed by atoms with Crippen molar-refractivity contribution in [2.24, 2.45) is 5.92 Å². The lowest BCUT2D eigenvalue weighted by Gasteiger charge is -2.30. The van der Waals surface area contributed by atoms with Gasteiger partial charge >= 0.3 is 12.1 Å². The first kappa shape index (κ1) is 20.4. The third kappa shape index (κ3) is 4.54. The maximum Gasteiger partial charge on any atom is 0.451 e. The summed E-state index contributed by atoms with van der Waals surface area (Å²) in [7, 11) is 1.33. The molecule has 2 heterocycles. The number of carbonyl (C=O) groups is 2. The average Bonchev–Trinajstić information content (AvgIpc) is 2.70. The highest BCUT2D eigenvalue weighted by molar-refractivity contribution is 8.00. The number of para-hydroxylation sites is 1. The number of fused-ring (bicyclic) bond motifs is 1. The van der Waals surface area contributed by atoms with Crippen LogP contribution < -0.4 is 0 Å². The van der Waals surface area contributed by atoms with Crippen LogP contribution in [0.3, 0.4) is 0 Å². The molecule has 6 nitrogen and oxygen atoms in total. The zero-order valence-electron chi connectivity index (χ0n) is 15.0. The van der Waals surface area contributed by atoms with Crippen molar-refractivity contribution in [2.75, 3.05) is 26.0 Å². The van der Waals surface area contributed by atoms with Gasteiger partial charge in [0.15, 0.2) is 0 Å². The maximum atomic E-state index is 13.1. The van der Waals surface area contributed by atoms with E-state index < -0.39 is 12.0 Å². The predicted octanol–water partition coefficient (Wildman–Crippen LogP) is 3.15. The van der Waals surface area contributed by atoms with Gasteiger partial charge in [-0.3, -0.25) is 9.59 Å². The Bertz CT molecular complexity index is 883. The van der Waals surface area contributed by atoms with E-state index in [0.717, 1.165) is 11.8 Å². The number of ether oxygens (including phenoxy) is 1. The van der Waals surface area contributed by atoms with Gasteiger partial charge in [-0.2, -0.15) is 13.2 Å². The Balaban J connectivity index is 1.70. The third-order valence-electron chi connectivity index (χ3n) is 4.54. The van der Waals surface area contributed by atoms with Crippen molar-refractivity contribution in [1.82, 2.24) is 14.9 Å². The standard InChI is InChI=1S/C18H18F3N3O3S/c1-27-16(26)11-6-8-24(9-7-11)14(25)10-28-15-12-4-2-3-5-13(12)22-17(23-15)18(19,20)21/h2-5,11H,6-10H2,1H3. The van der Waals surface area contributed by atoms with Gasteiger partial charge in [-0.1, -0.05) is 30.0 Å². The second kappa shape index (κ2) is 8.34.